The lowest BCUT2D eigenvalue weighted by atomic mass is 10.2. The molecule has 0 amide bonds. The van der Waals surface area contributed by atoms with E-state index in [0.29, 0.717) is 13.0 Å². The van der Waals surface area contributed by atoms with E-state index in [2.05, 4.69) is 0 Å². The van der Waals surface area contributed by atoms with E-state index in [-0.39, 0.29) is 6.61 Å². The summed E-state index contributed by atoms with van der Waals surface area (Å²) >= 11 is 0. The van der Waals surface area contributed by atoms with Crippen molar-refractivity contribution in [3.8, 4) is 0 Å². The second kappa shape index (κ2) is 5.95. The average molecular weight is 251 g/mol. The van der Waals surface area contributed by atoms with Crippen LogP contribution < -0.4 is 0 Å². The average Bonchev–Trinajstić information content (AvgIpc) is 2.86. The summed E-state index contributed by atoms with van der Waals surface area (Å²) in [5.41, 5.74) is 0.947. The minimum absolute atomic E-state index is 0.269. The quantitative estimate of drug-likeness (QED) is 0.765. The molecule has 0 aliphatic carbocycles. The minimum atomic E-state index is -1.16. The molecule has 0 radical (unpaired) electrons. The molecule has 0 spiro atoms. The molecule has 2 rings (SSSR count). The summed E-state index contributed by atoms with van der Waals surface area (Å²) in [7, 11) is 0. The number of benzene rings is 1. The van der Waals surface area contributed by atoms with E-state index in [1.807, 2.05) is 30.3 Å². The molecule has 2 atom stereocenters. The van der Waals surface area contributed by atoms with Crippen molar-refractivity contribution in [2.24, 2.45) is 0 Å². The van der Waals surface area contributed by atoms with Gasteiger partial charge in [-0.25, -0.2) is 4.90 Å². The molecule has 1 heterocycles. The first-order valence-corrected chi connectivity index (χ1v) is 6.00. The van der Waals surface area contributed by atoms with Crippen LogP contribution in [0.5, 0.6) is 0 Å². The maximum Gasteiger partial charge on any atom is 0.321 e. The lowest BCUT2D eigenvalue weighted by molar-refractivity contribution is -0.208. The first-order chi connectivity index (χ1) is 8.68. The number of hydrogen-bond acceptors (Lipinski definition) is 4. The van der Waals surface area contributed by atoms with E-state index in [4.69, 9.17) is 9.84 Å². The van der Waals surface area contributed by atoms with Gasteiger partial charge >= 0.3 is 5.97 Å². The van der Waals surface area contributed by atoms with Crippen molar-refractivity contribution in [1.29, 1.82) is 0 Å². The fraction of sp³-hybridized carbons (Fsp3) is 0.462. The smallest absolute Gasteiger partial charge is 0.321 e. The summed E-state index contributed by atoms with van der Waals surface area (Å²) < 4.78 is 5.31. The van der Waals surface area contributed by atoms with Gasteiger partial charge in [-0.3, -0.25) is 4.79 Å². The Morgan fingerprint density at radius 2 is 2.17 bits per heavy atom. The largest absolute Gasteiger partial charge is 0.480 e. The molecule has 2 unspecified atom stereocenters. The number of carboxylic acids is 1. The molecule has 1 aromatic carbocycles. The van der Waals surface area contributed by atoms with Crippen LogP contribution in [0.2, 0.25) is 0 Å². The van der Waals surface area contributed by atoms with Gasteiger partial charge in [0.15, 0.2) is 0 Å². The van der Waals surface area contributed by atoms with E-state index in [1.165, 1.54) is 4.90 Å². The molecule has 5 heteroatoms. The number of carboxylic acid groups (broad SMARTS) is 1. The van der Waals surface area contributed by atoms with Crippen LogP contribution in [0.4, 0.5) is 0 Å². The molecule has 0 aromatic heterocycles. The second-order valence-electron chi connectivity index (χ2n) is 4.36. The third-order valence-corrected chi connectivity index (χ3v) is 3.10. The fourth-order valence-electron chi connectivity index (χ4n) is 2.16. The Bertz CT molecular complexity index is 395. The van der Waals surface area contributed by atoms with Gasteiger partial charge in [0.05, 0.1) is 6.61 Å². The molecule has 5 nitrogen and oxygen atoms in total. The molecule has 0 bridgehead atoms. The molecule has 1 aromatic rings. The van der Waals surface area contributed by atoms with Crippen molar-refractivity contribution in [3.63, 3.8) is 0 Å². The van der Waals surface area contributed by atoms with Crippen LogP contribution in [-0.4, -0.2) is 40.1 Å². The molecular weight excluding hydrogens is 234 g/mol. The van der Waals surface area contributed by atoms with Crippen molar-refractivity contribution in [1.82, 2.24) is 4.90 Å². The number of ether oxygens (including phenoxy) is 1. The predicted octanol–water partition coefficient (Wildman–Crippen LogP) is 1.03. The van der Waals surface area contributed by atoms with Gasteiger partial charge < -0.3 is 14.9 Å². The van der Waals surface area contributed by atoms with Gasteiger partial charge in [0.1, 0.15) is 6.04 Å². The van der Waals surface area contributed by atoms with Crippen molar-refractivity contribution < 1.29 is 19.7 Å². The van der Waals surface area contributed by atoms with Gasteiger partial charge in [-0.15, -0.1) is 0 Å². The first-order valence-electron chi connectivity index (χ1n) is 6.00. The normalized spacial score (nSPS) is 21.9. The summed E-state index contributed by atoms with van der Waals surface area (Å²) in [6.07, 6.45) is 0.165. The van der Waals surface area contributed by atoms with Crippen LogP contribution >= 0.6 is 0 Å². The highest BCUT2D eigenvalue weighted by molar-refractivity contribution is 5.73. The summed E-state index contributed by atoms with van der Waals surface area (Å²) in [6, 6.07) is 8.83. The van der Waals surface area contributed by atoms with Gasteiger partial charge in [-0.1, -0.05) is 30.3 Å². The van der Waals surface area contributed by atoms with Crippen LogP contribution in [0.1, 0.15) is 18.4 Å². The number of carbonyl (C=O) groups is 1. The maximum atomic E-state index is 11.0. The Labute approximate surface area is 106 Å². The molecular formula is C13H17NO4. The SMILES string of the molecule is O=C(O)C1CCCN1C(O)OCc1ccccc1. The molecule has 1 fully saturated rings. The number of aliphatic hydroxyl groups excluding tert-OH is 1. The highest BCUT2D eigenvalue weighted by Gasteiger charge is 2.35. The molecule has 18 heavy (non-hydrogen) atoms. The third kappa shape index (κ3) is 3.07. The Morgan fingerprint density at radius 3 is 2.83 bits per heavy atom. The summed E-state index contributed by atoms with van der Waals surface area (Å²) in [5, 5.41) is 18.9. The number of aliphatic carboxylic acids is 1. The Hall–Kier alpha value is -1.43. The molecule has 1 saturated heterocycles. The zero-order valence-electron chi connectivity index (χ0n) is 10.0. The molecule has 1 aliphatic rings. The van der Waals surface area contributed by atoms with Crippen molar-refractivity contribution in [3.05, 3.63) is 35.9 Å². The summed E-state index contributed by atoms with van der Waals surface area (Å²) in [5.74, 6) is -0.908. The number of hydrogen-bond donors (Lipinski definition) is 2. The zero-order valence-corrected chi connectivity index (χ0v) is 10.0. The Balaban J connectivity index is 1.88. The number of aliphatic hydroxyl groups is 1. The molecule has 1 aliphatic heterocycles. The highest BCUT2D eigenvalue weighted by Crippen LogP contribution is 2.20. The molecule has 0 saturated carbocycles. The number of likely N-dealkylation sites (tertiary alicyclic amines) is 1. The van der Waals surface area contributed by atoms with E-state index < -0.39 is 18.4 Å². The number of rotatable bonds is 5. The number of nitrogens with zero attached hydrogens (tertiary/aromatic N) is 1. The Kier molecular flexibility index (Phi) is 4.30. The first kappa shape index (κ1) is 13.0. The van der Waals surface area contributed by atoms with Gasteiger partial charge in [0.25, 0.3) is 0 Å². The van der Waals surface area contributed by atoms with E-state index in [9.17, 15) is 9.90 Å². The fourth-order valence-corrected chi connectivity index (χ4v) is 2.16. The predicted molar refractivity (Wildman–Crippen MR) is 64.6 cm³/mol. The van der Waals surface area contributed by atoms with Crippen molar-refractivity contribution >= 4 is 5.97 Å². The Morgan fingerprint density at radius 1 is 1.44 bits per heavy atom. The molecule has 98 valence electrons. The van der Waals surface area contributed by atoms with Crippen LogP contribution in [0, 0.1) is 0 Å². The zero-order chi connectivity index (χ0) is 13.0. The lowest BCUT2D eigenvalue weighted by Crippen LogP contribution is -2.44. The van der Waals surface area contributed by atoms with Crippen molar-refractivity contribution in [2.75, 3.05) is 6.54 Å². The monoisotopic (exact) mass is 251 g/mol. The summed E-state index contributed by atoms with van der Waals surface area (Å²) in [4.78, 5) is 12.5. The van der Waals surface area contributed by atoms with Gasteiger partial charge in [0, 0.05) is 6.54 Å². The van der Waals surface area contributed by atoms with Crippen LogP contribution in [0.15, 0.2) is 30.3 Å². The second-order valence-corrected chi connectivity index (χ2v) is 4.36. The van der Waals surface area contributed by atoms with Crippen LogP contribution in [-0.2, 0) is 16.1 Å². The molecule has 2 N–H and O–H groups in total. The highest BCUT2D eigenvalue weighted by atomic mass is 16.6. The standard InChI is InChI=1S/C13H17NO4/c15-12(16)11-7-4-8-14(11)13(17)18-9-10-5-2-1-3-6-10/h1-3,5-6,11,13,17H,4,7-9H2,(H,15,16). The topological polar surface area (TPSA) is 70.0 Å². The van der Waals surface area contributed by atoms with Crippen molar-refractivity contribution in [2.45, 2.75) is 31.9 Å². The van der Waals surface area contributed by atoms with Gasteiger partial charge in [-0.05, 0) is 18.4 Å². The lowest BCUT2D eigenvalue weighted by Gasteiger charge is -2.26. The summed E-state index contributed by atoms with van der Waals surface area (Å²) in [6.45, 7) is 0.817. The van der Waals surface area contributed by atoms with Gasteiger partial charge in [0.2, 0.25) is 6.41 Å². The van der Waals surface area contributed by atoms with E-state index >= 15 is 0 Å². The van der Waals surface area contributed by atoms with E-state index in [1.54, 1.807) is 0 Å². The van der Waals surface area contributed by atoms with Gasteiger partial charge in [-0.2, -0.15) is 0 Å². The maximum absolute atomic E-state index is 11.0. The minimum Gasteiger partial charge on any atom is -0.480 e. The van der Waals surface area contributed by atoms with Crippen LogP contribution in [0.25, 0.3) is 0 Å². The third-order valence-electron chi connectivity index (χ3n) is 3.10. The van der Waals surface area contributed by atoms with Crippen LogP contribution in [0.3, 0.4) is 0 Å². The van der Waals surface area contributed by atoms with E-state index in [0.717, 1.165) is 12.0 Å².